The summed E-state index contributed by atoms with van der Waals surface area (Å²) in [6, 6.07) is 7.74. The molecule has 1 aliphatic heterocycles. The minimum atomic E-state index is -0.563. The number of methoxy groups -OCH3 is 1. The summed E-state index contributed by atoms with van der Waals surface area (Å²) < 4.78 is 5.20. The number of likely N-dealkylation sites (tertiary alicyclic amines) is 1. The number of benzene rings is 1. The van der Waals surface area contributed by atoms with Gasteiger partial charge in [0.2, 0.25) is 0 Å². The lowest BCUT2D eigenvalue weighted by molar-refractivity contribution is -0.0885. The number of fused-ring (bicyclic) bond motifs is 1. The Morgan fingerprint density at radius 1 is 1.30 bits per heavy atom. The highest BCUT2D eigenvalue weighted by molar-refractivity contribution is 7.17. The Morgan fingerprint density at radius 2 is 2.07 bits per heavy atom. The minimum absolute atomic E-state index is 0.0531. The largest absolute Gasteiger partial charge is 0.497 e. The molecular formula is C21H26N2O3S. The van der Waals surface area contributed by atoms with E-state index >= 15 is 0 Å². The van der Waals surface area contributed by atoms with Gasteiger partial charge in [-0.3, -0.25) is 4.79 Å². The van der Waals surface area contributed by atoms with Crippen LogP contribution in [0.3, 0.4) is 0 Å². The lowest BCUT2D eigenvalue weighted by Gasteiger charge is -2.47. The van der Waals surface area contributed by atoms with Gasteiger partial charge in [-0.2, -0.15) is 0 Å². The standard InChI is InChI=1S/C21H26N2O3S/c1-14-18(27-19(22-14)15-6-8-17(26-2)9-7-15)20(24)23-12-11-21(25)10-4-3-5-16(21)13-23/h6-9,16,25H,3-5,10-13H2,1-2H3. The highest BCUT2D eigenvalue weighted by Crippen LogP contribution is 2.40. The van der Waals surface area contributed by atoms with Crippen molar-refractivity contribution in [2.45, 2.75) is 44.6 Å². The third-order valence-corrected chi connectivity index (χ3v) is 7.24. The van der Waals surface area contributed by atoms with Crippen LogP contribution in [0.1, 0.15) is 47.5 Å². The van der Waals surface area contributed by atoms with E-state index in [0.29, 0.717) is 24.4 Å². The molecule has 2 unspecified atom stereocenters. The molecule has 2 aromatic rings. The summed E-state index contributed by atoms with van der Waals surface area (Å²) in [4.78, 5) is 20.4. The van der Waals surface area contributed by atoms with E-state index in [9.17, 15) is 9.90 Å². The van der Waals surface area contributed by atoms with Gasteiger partial charge in [0, 0.05) is 24.6 Å². The van der Waals surface area contributed by atoms with Crippen molar-refractivity contribution in [3.63, 3.8) is 0 Å². The Morgan fingerprint density at radius 3 is 2.81 bits per heavy atom. The molecule has 1 amide bonds. The Bertz CT molecular complexity index is 832. The number of rotatable bonds is 3. The van der Waals surface area contributed by atoms with Gasteiger partial charge >= 0.3 is 0 Å². The second-order valence-corrected chi connectivity index (χ2v) is 8.71. The van der Waals surface area contributed by atoms with Gasteiger partial charge in [0.25, 0.3) is 5.91 Å². The molecule has 2 atom stereocenters. The zero-order valence-corrected chi connectivity index (χ0v) is 16.7. The summed E-state index contributed by atoms with van der Waals surface area (Å²) in [5, 5.41) is 11.7. The van der Waals surface area contributed by atoms with Gasteiger partial charge in [0.05, 0.1) is 18.4 Å². The van der Waals surface area contributed by atoms with E-state index < -0.39 is 5.60 Å². The first-order valence-corrected chi connectivity index (χ1v) is 10.5. The van der Waals surface area contributed by atoms with Crippen molar-refractivity contribution in [2.75, 3.05) is 20.2 Å². The maximum absolute atomic E-state index is 13.1. The number of nitrogens with zero attached hydrogens (tertiary/aromatic N) is 2. The van der Waals surface area contributed by atoms with Gasteiger partial charge < -0.3 is 14.7 Å². The van der Waals surface area contributed by atoms with Gasteiger partial charge in [0.15, 0.2) is 0 Å². The van der Waals surface area contributed by atoms with Crippen molar-refractivity contribution >= 4 is 17.2 Å². The molecule has 27 heavy (non-hydrogen) atoms. The van der Waals surface area contributed by atoms with Crippen LogP contribution in [0.2, 0.25) is 0 Å². The summed E-state index contributed by atoms with van der Waals surface area (Å²) in [7, 11) is 1.64. The molecule has 0 radical (unpaired) electrons. The number of aryl methyl sites for hydroxylation is 1. The van der Waals surface area contributed by atoms with E-state index in [1.165, 1.54) is 11.3 Å². The van der Waals surface area contributed by atoms with Crippen molar-refractivity contribution in [1.29, 1.82) is 0 Å². The van der Waals surface area contributed by atoms with E-state index in [1.807, 2.05) is 36.1 Å². The maximum atomic E-state index is 13.1. The van der Waals surface area contributed by atoms with Crippen molar-refractivity contribution in [1.82, 2.24) is 9.88 Å². The van der Waals surface area contributed by atoms with Crippen molar-refractivity contribution in [3.05, 3.63) is 34.8 Å². The predicted molar refractivity (Wildman–Crippen MR) is 106 cm³/mol. The molecule has 2 heterocycles. The third-order valence-electron chi connectivity index (χ3n) is 6.04. The van der Waals surface area contributed by atoms with Crippen LogP contribution in [0.25, 0.3) is 10.6 Å². The number of hydrogen-bond donors (Lipinski definition) is 1. The second-order valence-electron chi connectivity index (χ2n) is 7.71. The molecule has 2 aliphatic rings. The Hall–Kier alpha value is -1.92. The smallest absolute Gasteiger partial charge is 0.265 e. The normalized spacial score (nSPS) is 25.1. The second kappa shape index (κ2) is 7.24. The van der Waals surface area contributed by atoms with Crippen LogP contribution in [-0.4, -0.2) is 46.7 Å². The van der Waals surface area contributed by atoms with Gasteiger partial charge in [-0.15, -0.1) is 11.3 Å². The molecule has 4 rings (SSSR count). The molecule has 5 nitrogen and oxygen atoms in total. The Kier molecular flexibility index (Phi) is 4.95. The molecule has 1 N–H and O–H groups in total. The number of carbonyl (C=O) groups is 1. The number of piperidine rings is 1. The summed E-state index contributed by atoms with van der Waals surface area (Å²) >= 11 is 1.45. The van der Waals surface area contributed by atoms with Crippen LogP contribution in [0.5, 0.6) is 5.75 Å². The number of ether oxygens (including phenoxy) is 1. The van der Waals surface area contributed by atoms with Gasteiger partial charge in [-0.05, 0) is 50.5 Å². The topological polar surface area (TPSA) is 62.7 Å². The lowest BCUT2D eigenvalue weighted by atomic mass is 9.71. The monoisotopic (exact) mass is 386 g/mol. The third kappa shape index (κ3) is 3.48. The fraction of sp³-hybridized carbons (Fsp3) is 0.524. The zero-order valence-electron chi connectivity index (χ0n) is 15.9. The number of amides is 1. The first-order chi connectivity index (χ1) is 13.0. The highest BCUT2D eigenvalue weighted by Gasteiger charge is 2.44. The van der Waals surface area contributed by atoms with Crippen LogP contribution in [-0.2, 0) is 0 Å². The average Bonchev–Trinajstić information content (AvgIpc) is 3.08. The van der Waals surface area contributed by atoms with E-state index in [2.05, 4.69) is 4.98 Å². The fourth-order valence-electron chi connectivity index (χ4n) is 4.35. The van der Waals surface area contributed by atoms with Gasteiger partial charge in [-0.25, -0.2) is 4.98 Å². The number of carbonyl (C=O) groups excluding carboxylic acids is 1. The molecular weight excluding hydrogens is 360 g/mol. The van der Waals surface area contributed by atoms with Gasteiger partial charge in [-0.1, -0.05) is 12.8 Å². The van der Waals surface area contributed by atoms with E-state index in [-0.39, 0.29) is 11.8 Å². The maximum Gasteiger partial charge on any atom is 0.265 e. The van der Waals surface area contributed by atoms with Crippen LogP contribution >= 0.6 is 11.3 Å². The SMILES string of the molecule is COc1ccc(-c2nc(C)c(C(=O)N3CCC4(O)CCCCC4C3)s2)cc1. The molecule has 2 fully saturated rings. The summed E-state index contributed by atoms with van der Waals surface area (Å²) in [6.07, 6.45) is 4.82. The molecule has 0 spiro atoms. The lowest BCUT2D eigenvalue weighted by Crippen LogP contribution is -2.54. The summed E-state index contributed by atoms with van der Waals surface area (Å²) in [6.45, 7) is 3.18. The van der Waals surface area contributed by atoms with Crippen molar-refractivity contribution in [2.24, 2.45) is 5.92 Å². The molecule has 0 bridgehead atoms. The Labute approximate surface area is 164 Å². The van der Waals surface area contributed by atoms with E-state index in [4.69, 9.17) is 4.74 Å². The van der Waals surface area contributed by atoms with E-state index in [0.717, 1.165) is 47.7 Å². The summed E-state index contributed by atoms with van der Waals surface area (Å²) in [5.74, 6) is 1.06. The first kappa shape index (κ1) is 18.4. The number of aliphatic hydroxyl groups is 1. The van der Waals surface area contributed by atoms with E-state index in [1.54, 1.807) is 7.11 Å². The van der Waals surface area contributed by atoms with Crippen LogP contribution in [0.15, 0.2) is 24.3 Å². The molecule has 1 saturated carbocycles. The molecule has 144 valence electrons. The molecule has 1 saturated heterocycles. The molecule has 6 heteroatoms. The summed E-state index contributed by atoms with van der Waals surface area (Å²) in [5.41, 5.74) is 1.20. The molecule has 1 aromatic heterocycles. The fourth-order valence-corrected chi connectivity index (χ4v) is 5.39. The van der Waals surface area contributed by atoms with Crippen molar-refractivity contribution in [3.8, 4) is 16.3 Å². The quantitative estimate of drug-likeness (QED) is 0.869. The minimum Gasteiger partial charge on any atom is -0.497 e. The number of aromatic nitrogens is 1. The molecule has 1 aromatic carbocycles. The molecule has 1 aliphatic carbocycles. The first-order valence-electron chi connectivity index (χ1n) is 9.64. The number of hydrogen-bond acceptors (Lipinski definition) is 5. The predicted octanol–water partition coefficient (Wildman–Crippen LogP) is 3.89. The highest BCUT2D eigenvalue weighted by atomic mass is 32.1. The van der Waals surface area contributed by atoms with Crippen LogP contribution in [0, 0.1) is 12.8 Å². The van der Waals surface area contributed by atoms with Crippen LogP contribution in [0.4, 0.5) is 0 Å². The number of thiazole rings is 1. The zero-order chi connectivity index (χ0) is 19.0. The average molecular weight is 387 g/mol. The van der Waals surface area contributed by atoms with Crippen molar-refractivity contribution < 1.29 is 14.6 Å². The van der Waals surface area contributed by atoms with Gasteiger partial charge in [0.1, 0.15) is 15.6 Å². The van der Waals surface area contributed by atoms with Crippen LogP contribution < -0.4 is 4.74 Å². The Balaban J connectivity index is 1.53.